The summed E-state index contributed by atoms with van der Waals surface area (Å²) in [6, 6.07) is 17.9. The molecule has 0 aromatic heterocycles. The molecule has 3 aromatic carbocycles. The van der Waals surface area contributed by atoms with Crippen molar-refractivity contribution in [1.82, 2.24) is 0 Å². The van der Waals surface area contributed by atoms with E-state index in [1.165, 1.54) is 29.4 Å². The first-order chi connectivity index (χ1) is 14.2. The van der Waals surface area contributed by atoms with Gasteiger partial charge in [0.25, 0.3) is 0 Å². The van der Waals surface area contributed by atoms with E-state index in [9.17, 15) is 0 Å². The third-order valence-electron chi connectivity index (χ3n) is 6.83. The summed E-state index contributed by atoms with van der Waals surface area (Å²) in [6.45, 7) is 0. The van der Waals surface area contributed by atoms with Gasteiger partial charge in [-0.15, -0.1) is 0 Å². The molecule has 0 spiro atoms. The normalized spacial score (nSPS) is 17.3. The number of halogens is 2. The Morgan fingerprint density at radius 3 is 1.20 bits per heavy atom. The van der Waals surface area contributed by atoms with Crippen LogP contribution in [0.5, 0.6) is 0 Å². The van der Waals surface area contributed by atoms with Gasteiger partial charge in [0.15, 0.2) is 0 Å². The second kappa shape index (κ2) is 7.43. The summed E-state index contributed by atoms with van der Waals surface area (Å²) in [6.07, 6.45) is 9.26. The van der Waals surface area contributed by atoms with E-state index in [1.807, 2.05) is 12.1 Å². The van der Waals surface area contributed by atoms with Crippen LogP contribution in [0.1, 0.15) is 22.3 Å². The van der Waals surface area contributed by atoms with Crippen molar-refractivity contribution < 1.29 is 0 Å². The molecule has 2 aliphatic heterocycles. The Morgan fingerprint density at radius 2 is 0.800 bits per heavy atom. The minimum atomic E-state index is -2.81. The molecular weight excluding hydrogens is 621 g/mol. The molecule has 0 aliphatic carbocycles. The van der Waals surface area contributed by atoms with Gasteiger partial charge in [-0.05, 0) is 0 Å². The molecule has 150 valence electrons. The zero-order valence-corrected chi connectivity index (χ0v) is 24.9. The first-order valence-corrected chi connectivity index (χ1v) is 28.2. The Labute approximate surface area is 197 Å². The average Bonchev–Trinajstić information content (AvgIpc) is 2.87. The number of fused-ring (bicyclic) bond motifs is 4. The Morgan fingerprint density at radius 1 is 0.467 bits per heavy atom. The van der Waals surface area contributed by atoms with Crippen molar-refractivity contribution in [2.45, 2.75) is 19.8 Å². The summed E-state index contributed by atoms with van der Waals surface area (Å²) in [7, 11) is 0. The second-order valence-electron chi connectivity index (χ2n) is 9.41. The molecule has 5 rings (SSSR count). The molecule has 0 unspecified atom stereocenters. The van der Waals surface area contributed by atoms with E-state index in [2.05, 4.69) is 80.5 Å². The van der Waals surface area contributed by atoms with Crippen LogP contribution in [0.25, 0.3) is 24.3 Å². The summed E-state index contributed by atoms with van der Waals surface area (Å²) < 4.78 is 6.11. The number of rotatable bonds is 0. The van der Waals surface area contributed by atoms with Gasteiger partial charge >= 0.3 is 199 Å². The van der Waals surface area contributed by atoms with E-state index >= 15 is 0 Å². The van der Waals surface area contributed by atoms with E-state index in [0.717, 1.165) is 10.0 Å². The van der Waals surface area contributed by atoms with Crippen LogP contribution in [-0.4, -0.2) is 36.8 Å². The standard InChI is InChI=1S/C22H12Cl2.4CH3.2Sn/c23-21-13-9-19(10-14-21)7-5-17-1-2-18(4-3-17)6-8-20-11-15-22(24)16-12-20;;;;;;/h1,4-9,11,13-16H;4*1H3;;. The molecule has 0 atom stereocenters. The van der Waals surface area contributed by atoms with Gasteiger partial charge in [-0.25, -0.2) is 0 Å². The van der Waals surface area contributed by atoms with Gasteiger partial charge in [-0.1, -0.05) is 0 Å². The quantitative estimate of drug-likeness (QED) is 0.280. The first kappa shape index (κ1) is 21.2. The van der Waals surface area contributed by atoms with Crippen LogP contribution in [0.2, 0.25) is 29.8 Å². The molecule has 0 nitrogen and oxygen atoms in total. The van der Waals surface area contributed by atoms with E-state index in [0.29, 0.717) is 0 Å². The molecule has 0 saturated heterocycles. The monoisotopic (exact) mass is 646 g/mol. The van der Waals surface area contributed by atoms with Crippen LogP contribution in [0, 0.1) is 0 Å². The van der Waals surface area contributed by atoms with Gasteiger partial charge < -0.3 is 0 Å². The van der Waals surface area contributed by atoms with E-state index in [1.54, 1.807) is 7.16 Å². The van der Waals surface area contributed by atoms with Crippen molar-refractivity contribution in [2.24, 2.45) is 0 Å². The number of benzene rings is 3. The van der Waals surface area contributed by atoms with E-state index in [-0.39, 0.29) is 0 Å². The van der Waals surface area contributed by atoms with Gasteiger partial charge in [0.05, 0.1) is 0 Å². The van der Waals surface area contributed by atoms with E-state index < -0.39 is 36.8 Å². The maximum atomic E-state index is 6.42. The van der Waals surface area contributed by atoms with Crippen molar-refractivity contribution in [3.63, 3.8) is 0 Å². The van der Waals surface area contributed by atoms with E-state index in [4.69, 9.17) is 23.2 Å². The van der Waals surface area contributed by atoms with Crippen LogP contribution in [-0.2, 0) is 0 Å². The topological polar surface area (TPSA) is 0 Å². The summed E-state index contributed by atoms with van der Waals surface area (Å²) in [4.78, 5) is 10.1. The molecule has 2 heterocycles. The van der Waals surface area contributed by atoms with Gasteiger partial charge in [-0.2, -0.15) is 0 Å². The third kappa shape index (κ3) is 3.34. The molecule has 0 N–H and O–H groups in total. The molecule has 3 aromatic rings. The Kier molecular flexibility index (Phi) is 5.25. The predicted molar refractivity (Wildman–Crippen MR) is 141 cm³/mol. The maximum absolute atomic E-state index is 6.42. The minimum absolute atomic E-state index is 0.842. The van der Waals surface area contributed by atoms with Gasteiger partial charge in [-0.3, -0.25) is 0 Å². The van der Waals surface area contributed by atoms with Crippen molar-refractivity contribution in [3.8, 4) is 0 Å². The summed E-state index contributed by atoms with van der Waals surface area (Å²) >= 11 is 7.22. The van der Waals surface area contributed by atoms with Crippen molar-refractivity contribution in [2.75, 3.05) is 0 Å². The van der Waals surface area contributed by atoms with Gasteiger partial charge in [0.1, 0.15) is 0 Å². The first-order valence-electron chi connectivity index (χ1n) is 10.3. The van der Waals surface area contributed by atoms with Crippen LogP contribution in [0.3, 0.4) is 0 Å². The fourth-order valence-electron chi connectivity index (χ4n) is 5.07. The molecule has 0 fully saturated rings. The second-order valence-corrected chi connectivity index (χ2v) is 35.0. The van der Waals surface area contributed by atoms with Gasteiger partial charge in [0, 0.05) is 0 Å². The van der Waals surface area contributed by atoms with Crippen LogP contribution in [0.15, 0.2) is 48.5 Å². The predicted octanol–water partition coefficient (Wildman–Crippen LogP) is 5.61. The Hall–Kier alpha value is -0.683. The zero-order chi connectivity index (χ0) is 21.3. The number of hydrogen-bond acceptors (Lipinski definition) is 0. The average molecular weight is 645 g/mol. The van der Waals surface area contributed by atoms with Crippen LogP contribution >= 0.6 is 23.2 Å². The molecule has 0 amide bonds. The zero-order valence-electron chi connectivity index (χ0n) is 17.7. The van der Waals surface area contributed by atoms with Crippen LogP contribution < -0.4 is 14.3 Å². The number of hydrogen-bond donors (Lipinski definition) is 0. The molecule has 0 radical (unpaired) electrons. The van der Waals surface area contributed by atoms with Crippen molar-refractivity contribution >= 4 is 98.6 Å². The fourth-order valence-corrected chi connectivity index (χ4v) is 23.6. The fraction of sp³-hybridized carbons (Fsp3) is 0.154. The summed E-state index contributed by atoms with van der Waals surface area (Å²) in [5.74, 6) is 0. The summed E-state index contributed by atoms with van der Waals surface area (Å²) in [5, 5.41) is 1.68. The molecule has 2 aliphatic rings. The molecular formula is C26H24Cl2Sn2. The summed E-state index contributed by atoms with van der Waals surface area (Å²) in [5.41, 5.74) is 5.49. The van der Waals surface area contributed by atoms with Crippen molar-refractivity contribution in [3.05, 3.63) is 80.8 Å². The van der Waals surface area contributed by atoms with Crippen molar-refractivity contribution in [1.29, 1.82) is 0 Å². The SMILES string of the molecule is [CH3][Sn]1([CH3])[c]2cc(Cl)ccc2C=Cc2c[c]3c(c[c]21)C=Cc1ccc(Cl)c[c]1[Sn]3([CH3])[CH3]. The molecule has 0 saturated carbocycles. The third-order valence-corrected chi connectivity index (χ3v) is 27.6. The van der Waals surface area contributed by atoms with Gasteiger partial charge in [0.2, 0.25) is 0 Å². The Bertz CT molecular complexity index is 1170. The molecule has 30 heavy (non-hydrogen) atoms. The molecule has 4 heteroatoms. The van der Waals surface area contributed by atoms with Crippen LogP contribution in [0.4, 0.5) is 0 Å². The Balaban J connectivity index is 1.78. The molecule has 0 bridgehead atoms.